The number of hydrazine groups is 1. The number of pyridine rings is 1. The maximum absolute atomic E-state index is 14.5. The zero-order chi connectivity index (χ0) is 33.6. The van der Waals surface area contributed by atoms with Gasteiger partial charge in [-0.3, -0.25) is 14.6 Å². The number of ether oxygens (including phenoxy) is 3. The van der Waals surface area contributed by atoms with Crippen LogP contribution in [0.25, 0.3) is 0 Å². The third-order valence-corrected chi connectivity index (χ3v) is 6.99. The Kier molecular flexibility index (Phi) is 10.2. The number of hydrogen-bond acceptors (Lipinski definition) is 8. The molecule has 4 rings (SSSR count). The van der Waals surface area contributed by atoms with Gasteiger partial charge in [0.2, 0.25) is 0 Å². The molecule has 0 saturated heterocycles. The lowest BCUT2D eigenvalue weighted by molar-refractivity contribution is -0.102. The fraction of sp³-hybridized carbons (Fsp3) is 0.250. The first-order valence-corrected chi connectivity index (χ1v) is 14.6. The Balaban J connectivity index is 1.84. The van der Waals surface area contributed by atoms with Crippen LogP contribution in [0, 0.1) is 20.8 Å². The highest BCUT2D eigenvalue weighted by atomic mass is 16.7. The lowest BCUT2D eigenvalue weighted by atomic mass is 10.0. The van der Waals surface area contributed by atoms with E-state index in [0.29, 0.717) is 21.9 Å². The number of imide groups is 1. The van der Waals surface area contributed by atoms with Crippen LogP contribution in [-0.2, 0) is 9.47 Å². The third kappa shape index (κ3) is 7.58. The fourth-order valence-electron chi connectivity index (χ4n) is 4.91. The molecule has 238 valence electrons. The summed E-state index contributed by atoms with van der Waals surface area (Å²) in [5, 5.41) is 1.73. The van der Waals surface area contributed by atoms with Crippen molar-refractivity contribution in [1.82, 2.24) is 15.0 Å². The number of nitrogens with zero attached hydrogens (tertiary/aromatic N) is 3. The van der Waals surface area contributed by atoms with Crippen LogP contribution >= 0.6 is 0 Å². The minimum absolute atomic E-state index is 0.0994. The Morgan fingerprint density at radius 1 is 0.761 bits per heavy atom. The third-order valence-electron chi connectivity index (χ3n) is 6.99. The van der Waals surface area contributed by atoms with Crippen LogP contribution in [0.5, 0.6) is 5.75 Å². The quantitative estimate of drug-likeness (QED) is 0.123. The van der Waals surface area contributed by atoms with E-state index < -0.39 is 35.7 Å². The van der Waals surface area contributed by atoms with Crippen LogP contribution in [0.1, 0.15) is 80.4 Å². The van der Waals surface area contributed by atoms with Crippen molar-refractivity contribution in [2.45, 2.75) is 53.4 Å². The molecule has 1 aromatic heterocycles. The highest BCUT2D eigenvalue weighted by Gasteiger charge is 2.43. The molecule has 0 fully saturated rings. The average molecular weight is 624 g/mol. The molecule has 4 aromatic rings. The van der Waals surface area contributed by atoms with Gasteiger partial charge in [0.15, 0.2) is 0 Å². The predicted molar refractivity (Wildman–Crippen MR) is 171 cm³/mol. The summed E-state index contributed by atoms with van der Waals surface area (Å²) in [5.41, 5.74) is 1.79. The smallest absolute Gasteiger partial charge is 0.439 e. The van der Waals surface area contributed by atoms with E-state index >= 15 is 0 Å². The average Bonchev–Trinajstić information content (AvgIpc) is 3.02. The molecule has 1 atom stereocenters. The van der Waals surface area contributed by atoms with Crippen LogP contribution in [0.4, 0.5) is 4.79 Å². The number of rotatable bonds is 7. The molecule has 0 N–H and O–H groups in total. The van der Waals surface area contributed by atoms with Crippen molar-refractivity contribution in [2.75, 3.05) is 7.11 Å². The lowest BCUT2D eigenvalue weighted by Crippen LogP contribution is -2.60. The zero-order valence-electron chi connectivity index (χ0n) is 26.9. The molecule has 10 nitrogen and oxygen atoms in total. The Morgan fingerprint density at radius 2 is 1.43 bits per heavy atom. The van der Waals surface area contributed by atoms with Crippen molar-refractivity contribution in [3.05, 3.63) is 130 Å². The molecule has 3 amide bonds. The SMILES string of the molecule is COc1cccc(C(=O)N(C(=O)OC(OC(=O)c2cccnc2)c2ccccc2)N(C(=O)c2cc(C)cc(C)c2)C(C)(C)C)c1C. The van der Waals surface area contributed by atoms with Crippen molar-refractivity contribution < 1.29 is 33.4 Å². The van der Waals surface area contributed by atoms with Crippen LogP contribution in [0.2, 0.25) is 0 Å². The van der Waals surface area contributed by atoms with Gasteiger partial charge in [0.1, 0.15) is 5.75 Å². The van der Waals surface area contributed by atoms with Crippen molar-refractivity contribution in [2.24, 2.45) is 0 Å². The van der Waals surface area contributed by atoms with Gasteiger partial charge in [-0.1, -0.05) is 53.6 Å². The molecule has 0 saturated carbocycles. The van der Waals surface area contributed by atoms with Gasteiger partial charge in [-0.15, -0.1) is 5.01 Å². The Morgan fingerprint density at radius 3 is 2.02 bits per heavy atom. The van der Waals surface area contributed by atoms with E-state index in [2.05, 4.69) is 4.98 Å². The van der Waals surface area contributed by atoms with Gasteiger partial charge < -0.3 is 14.2 Å². The summed E-state index contributed by atoms with van der Waals surface area (Å²) < 4.78 is 16.9. The number of carbonyl (C=O) groups is 4. The van der Waals surface area contributed by atoms with Gasteiger partial charge in [-0.05, 0) is 77.9 Å². The monoisotopic (exact) mass is 623 g/mol. The summed E-state index contributed by atoms with van der Waals surface area (Å²) in [6.07, 6.45) is -0.00480. The summed E-state index contributed by atoms with van der Waals surface area (Å²) >= 11 is 0. The van der Waals surface area contributed by atoms with Gasteiger partial charge in [0, 0.05) is 34.6 Å². The summed E-state index contributed by atoms with van der Waals surface area (Å²) in [6.45, 7) is 10.4. The number of amides is 3. The van der Waals surface area contributed by atoms with Crippen molar-refractivity contribution >= 4 is 23.9 Å². The molecular formula is C36H37N3O7. The second-order valence-electron chi connectivity index (χ2n) is 11.7. The van der Waals surface area contributed by atoms with Crippen LogP contribution in [0.15, 0.2) is 91.3 Å². The van der Waals surface area contributed by atoms with E-state index in [1.807, 2.05) is 19.9 Å². The Labute approximate surface area is 268 Å². The summed E-state index contributed by atoms with van der Waals surface area (Å²) in [5.74, 6) is -1.86. The van der Waals surface area contributed by atoms with Crippen molar-refractivity contribution in [3.63, 3.8) is 0 Å². The molecule has 1 unspecified atom stereocenters. The molecule has 0 aliphatic rings. The molecule has 0 radical (unpaired) electrons. The summed E-state index contributed by atoms with van der Waals surface area (Å²) in [6, 6.07) is 21.5. The van der Waals surface area contributed by atoms with Crippen LogP contribution < -0.4 is 4.74 Å². The van der Waals surface area contributed by atoms with Gasteiger partial charge in [-0.2, -0.15) is 0 Å². The maximum Gasteiger partial charge on any atom is 0.439 e. The van der Waals surface area contributed by atoms with E-state index in [4.69, 9.17) is 14.2 Å². The first-order chi connectivity index (χ1) is 21.8. The van der Waals surface area contributed by atoms with Gasteiger partial charge in [0.05, 0.1) is 18.2 Å². The van der Waals surface area contributed by atoms with E-state index in [-0.39, 0.29) is 16.7 Å². The summed E-state index contributed by atoms with van der Waals surface area (Å²) in [4.78, 5) is 60.1. The van der Waals surface area contributed by atoms with Crippen LogP contribution in [-0.4, -0.2) is 51.5 Å². The number of benzene rings is 3. The second kappa shape index (κ2) is 14.1. The number of aryl methyl sites for hydroxylation is 2. The molecule has 10 heteroatoms. The fourth-order valence-corrected chi connectivity index (χ4v) is 4.91. The summed E-state index contributed by atoms with van der Waals surface area (Å²) in [7, 11) is 1.47. The minimum atomic E-state index is -1.58. The standard InChI is InChI=1S/C36H37N3O7/c1-23-19-24(2)21-28(20-23)31(40)39(36(4,5)6)38(32(41)29-16-11-17-30(44-7)25(29)3)35(43)46-34(26-13-9-8-10-14-26)45-33(42)27-15-12-18-37-22-27/h8-22,34H,1-7H3. The highest BCUT2D eigenvalue weighted by Crippen LogP contribution is 2.30. The lowest BCUT2D eigenvalue weighted by Gasteiger charge is -2.42. The number of carbonyl (C=O) groups excluding carboxylic acids is 4. The number of hydrogen-bond donors (Lipinski definition) is 0. The first-order valence-electron chi connectivity index (χ1n) is 14.6. The topological polar surface area (TPSA) is 115 Å². The zero-order valence-corrected chi connectivity index (χ0v) is 26.9. The molecule has 3 aromatic carbocycles. The molecule has 0 spiro atoms. The normalized spacial score (nSPS) is 11.6. The molecule has 0 bridgehead atoms. The largest absolute Gasteiger partial charge is 0.496 e. The van der Waals surface area contributed by atoms with Crippen molar-refractivity contribution in [3.8, 4) is 5.75 Å². The van der Waals surface area contributed by atoms with Gasteiger partial charge in [0.25, 0.3) is 18.1 Å². The Bertz CT molecular complexity index is 1710. The Hall–Kier alpha value is -5.51. The molecular weight excluding hydrogens is 586 g/mol. The first kappa shape index (κ1) is 33.4. The maximum atomic E-state index is 14.5. The molecule has 1 heterocycles. The number of esters is 1. The van der Waals surface area contributed by atoms with Crippen LogP contribution in [0.3, 0.4) is 0 Å². The van der Waals surface area contributed by atoms with Gasteiger partial charge >= 0.3 is 12.1 Å². The van der Waals surface area contributed by atoms with Crippen molar-refractivity contribution in [1.29, 1.82) is 0 Å². The molecule has 0 aliphatic carbocycles. The predicted octanol–water partition coefficient (Wildman–Crippen LogP) is 7.01. The second-order valence-corrected chi connectivity index (χ2v) is 11.7. The molecule has 0 aliphatic heterocycles. The number of methoxy groups -OCH3 is 1. The van der Waals surface area contributed by atoms with E-state index in [1.165, 1.54) is 31.6 Å². The number of aromatic nitrogens is 1. The van der Waals surface area contributed by atoms with Gasteiger partial charge in [-0.25, -0.2) is 14.6 Å². The minimum Gasteiger partial charge on any atom is -0.496 e. The van der Waals surface area contributed by atoms with E-state index in [1.54, 1.807) is 88.4 Å². The van der Waals surface area contributed by atoms with E-state index in [0.717, 1.165) is 16.1 Å². The van der Waals surface area contributed by atoms with E-state index in [9.17, 15) is 19.2 Å². The molecule has 46 heavy (non-hydrogen) atoms. The highest BCUT2D eigenvalue weighted by molar-refractivity contribution is 6.07.